The third-order valence-electron chi connectivity index (χ3n) is 19.0. The Hall–Kier alpha value is -5.62. The normalized spacial score (nSPS) is 16.2. The Labute approximate surface area is 768 Å². The molecule has 734 valence electrons. The van der Waals surface area contributed by atoms with Gasteiger partial charge in [0.2, 0.25) is 0 Å². The summed E-state index contributed by atoms with van der Waals surface area (Å²) in [5.41, 5.74) is 3.05. The Balaban J connectivity index is 0.732. The number of rotatable bonds is 68. The summed E-state index contributed by atoms with van der Waals surface area (Å²) < 4.78 is 183. The van der Waals surface area contributed by atoms with Gasteiger partial charge >= 0.3 is 0 Å². The Kier molecular flexibility index (Phi) is 46.7. The first-order valence-electron chi connectivity index (χ1n) is 41.9. The molecule has 0 aromatic heterocycles. The molecule has 10 atom stereocenters. The molecule has 52 heteroatoms. The summed E-state index contributed by atoms with van der Waals surface area (Å²) in [6.07, 6.45) is 6.96. The van der Waals surface area contributed by atoms with E-state index >= 15 is 0 Å². The number of hydrogen-bond acceptors (Lipinski definition) is 42. The van der Waals surface area contributed by atoms with Gasteiger partial charge in [0.15, 0.2) is 10.9 Å². The first kappa shape index (κ1) is 112. The van der Waals surface area contributed by atoms with Gasteiger partial charge in [-0.1, -0.05) is 112 Å². The molecule has 132 heavy (non-hydrogen) atoms. The van der Waals surface area contributed by atoms with Crippen molar-refractivity contribution in [3.63, 3.8) is 0 Å². The number of benzene rings is 6. The van der Waals surface area contributed by atoms with Crippen LogP contribution in [0.25, 0.3) is 66.8 Å². The van der Waals surface area contributed by atoms with Gasteiger partial charge < -0.3 is 128 Å². The zero-order chi connectivity index (χ0) is 96.0. The lowest BCUT2D eigenvalue weighted by Crippen LogP contribution is -2.25. The highest BCUT2D eigenvalue weighted by Crippen LogP contribution is 2.51. The average molecular weight is 2050 g/mol. The van der Waals surface area contributed by atoms with E-state index < -0.39 is 184 Å². The molecule has 4 N–H and O–H groups in total. The predicted octanol–water partition coefficient (Wildman–Crippen LogP) is 12.6. The minimum atomic E-state index is -5.65. The van der Waals surface area contributed by atoms with Crippen LogP contribution >= 0.6 is 83.9 Å². The molecule has 2 aliphatic carbocycles. The molecule has 4 aliphatic rings. The van der Waals surface area contributed by atoms with Crippen LogP contribution in [0.4, 0.5) is 0 Å². The molecule has 0 spiro atoms. The number of phosphoric acid groups is 7. The van der Waals surface area contributed by atoms with Crippen molar-refractivity contribution in [1.82, 2.24) is 10.6 Å². The Morgan fingerprint density at radius 2 is 0.758 bits per heavy atom. The lowest BCUT2D eigenvalue weighted by atomic mass is 9.92. The summed E-state index contributed by atoms with van der Waals surface area (Å²) in [6.45, 7) is -4.30. The van der Waals surface area contributed by atoms with Gasteiger partial charge in [0.25, 0.3) is 66.6 Å². The molecular weight excluding hydrogens is 1940 g/mol. The average Bonchev–Trinajstić information content (AvgIpc) is 0.758. The van der Waals surface area contributed by atoms with Gasteiger partial charge in [-0.15, -0.1) is 0 Å². The quantitative estimate of drug-likeness (QED) is 0.00687. The summed E-state index contributed by atoms with van der Waals surface area (Å²) in [5.74, 6) is -0.868. The fraction of sp³-hybridized carbons (Fsp3) is 0.500. The largest absolute Gasteiger partial charge is 0.778 e. The molecule has 0 bridgehead atoms. The zero-order valence-corrected chi connectivity index (χ0v) is 80.9. The standard InChI is InChI=1S/C80H112N2O40P8S2/c1-4-5-6-14-46-131-132-47-15-8-7-13-37-111-129(101,102)121-122-130(103,104)117-57-60(22-10-12-36-82-80(88)64-26-17-24-62(49-64)78-71-33-29-67(85)52-75(71)119-76-53-68(86)30-34-72(76)78)56-116-127(97,98)110-42-20-43-112-128(99,100)120-105-44-45-113-124(91,92)107-40-19-41-109-126(95,96)115-55-59(54-114-125(93,94)108-39-18-38-106-123(89,90)58(2)3)21-9-11-35-81-79(87)63-25-16-23-61(48-63)77-69-31-27-65(83)50-73(69)118-74-51-66(84)28-32-70(74)77/h16-17,23-34,48-53,58-60,83,85H,4-15,18-22,35-47,54-57H2,1-3H3,(H,81,87)(H,82,88)(H,89,90)(H,91,92)(H,93,94)(H,95,96)(H,97,98)(H,99,100)(H,101,102)(H,103,104)/p-8. The van der Waals surface area contributed by atoms with E-state index in [1.165, 1.54) is 75.2 Å². The van der Waals surface area contributed by atoms with E-state index in [0.29, 0.717) is 57.0 Å². The maximum atomic E-state index is 13.6. The number of phosphoric ester groups is 7. The van der Waals surface area contributed by atoms with Gasteiger partial charge in [-0.3, -0.25) is 51.1 Å². The van der Waals surface area contributed by atoms with Gasteiger partial charge in [-0.2, -0.15) is 14.0 Å². The zero-order valence-electron chi connectivity index (χ0n) is 72.1. The third kappa shape index (κ3) is 40.8. The number of aromatic hydroxyl groups is 2. The monoisotopic (exact) mass is 2040 g/mol. The second-order valence-corrected chi connectivity index (χ2v) is 44.5. The van der Waals surface area contributed by atoms with E-state index in [0.717, 1.165) is 37.2 Å². The highest BCUT2D eigenvalue weighted by molar-refractivity contribution is 8.76. The van der Waals surface area contributed by atoms with Crippen LogP contribution in [0.1, 0.15) is 151 Å². The molecule has 4 aromatic carbocycles. The molecule has 2 aliphatic heterocycles. The van der Waals surface area contributed by atoms with Crippen molar-refractivity contribution < 1.29 is 178 Å². The first-order valence-corrected chi connectivity index (χ1v) is 56.3. The molecule has 0 fully saturated rings. The summed E-state index contributed by atoms with van der Waals surface area (Å²) in [7, 11) is -37.9. The highest BCUT2D eigenvalue weighted by Gasteiger charge is 2.28. The Bertz CT molecular complexity index is 5480. The number of amides is 2. The van der Waals surface area contributed by atoms with Crippen LogP contribution in [-0.2, 0) is 110 Å². The van der Waals surface area contributed by atoms with Crippen LogP contribution in [0, 0.1) is 11.8 Å². The summed E-state index contributed by atoms with van der Waals surface area (Å²) in [6, 6.07) is 30.6. The van der Waals surface area contributed by atoms with Gasteiger partial charge in [-0.25, -0.2) is 4.89 Å². The van der Waals surface area contributed by atoms with Crippen molar-refractivity contribution in [2.45, 2.75) is 136 Å². The van der Waals surface area contributed by atoms with Gasteiger partial charge in [0.05, 0.1) is 79.3 Å². The second kappa shape index (κ2) is 55.2. The van der Waals surface area contributed by atoms with Gasteiger partial charge in [0, 0.05) is 111 Å². The van der Waals surface area contributed by atoms with Crippen LogP contribution in [0.2, 0.25) is 0 Å². The number of phenolic OH excluding ortho intramolecular Hbond substituents is 2. The van der Waals surface area contributed by atoms with Crippen molar-refractivity contribution in [3.8, 4) is 56.4 Å². The smallest absolute Gasteiger partial charge is 0.298 e. The SMILES string of the molecule is CCCCCCSSCCCCCCOP(=O)([O-])OOP(=O)([O-])OCC(CCCCNC(=O)c1cccc(-c2c3ccc(=O)cc-3oc3cc(O)ccc23)c1)COP(=O)([O-])OCCCOP(=O)([O-])OOCCOP(=O)([O-])OCCCOP(=O)([O-])OCC(CCCCNC(=O)c1cccc(-c2c3ccc(=O)cc-3oc3cc(O)ccc23)c1)COP(=O)([O-])OCCCOP(=O)([O-])C(C)C. The molecule has 8 rings (SSSR count). The summed E-state index contributed by atoms with van der Waals surface area (Å²) in [4.78, 5) is 157. The van der Waals surface area contributed by atoms with E-state index in [1.807, 2.05) is 10.8 Å². The van der Waals surface area contributed by atoms with Crippen LogP contribution < -0.4 is 60.6 Å². The summed E-state index contributed by atoms with van der Waals surface area (Å²) in [5, 5.41) is 27.1. The highest BCUT2D eigenvalue weighted by atomic mass is 33.1. The van der Waals surface area contributed by atoms with Crippen LogP contribution in [0.15, 0.2) is 140 Å². The maximum absolute atomic E-state index is 13.6. The molecular formula is C80H104N2O40P8S2-8. The van der Waals surface area contributed by atoms with Crippen molar-refractivity contribution in [3.05, 3.63) is 153 Å². The van der Waals surface area contributed by atoms with Gasteiger partial charge in [0.1, 0.15) is 48.4 Å². The van der Waals surface area contributed by atoms with E-state index in [1.54, 1.807) is 83.6 Å². The number of hydrogen-bond donors (Lipinski definition) is 4. The van der Waals surface area contributed by atoms with Crippen molar-refractivity contribution >= 4 is 118 Å². The first-order chi connectivity index (χ1) is 62.6. The lowest BCUT2D eigenvalue weighted by Gasteiger charge is -2.29. The van der Waals surface area contributed by atoms with Crippen LogP contribution in [-0.4, -0.2) is 138 Å². The molecule has 0 saturated carbocycles. The number of fused-ring (bicyclic) bond motifs is 4. The fourth-order valence-corrected chi connectivity index (χ4v) is 20.6. The number of carbonyl (C=O) groups excluding carboxylic acids is 2. The number of phenols is 2. The topological polar surface area (TPSA) is 628 Å². The summed E-state index contributed by atoms with van der Waals surface area (Å²) >= 11 is 0. The minimum Gasteiger partial charge on any atom is -0.778 e. The maximum Gasteiger partial charge on any atom is 0.298 e. The van der Waals surface area contributed by atoms with Gasteiger partial charge in [-0.05, 0) is 148 Å². The van der Waals surface area contributed by atoms with E-state index in [9.17, 15) is 105 Å². The molecule has 4 aromatic rings. The second-order valence-electron chi connectivity index (χ2n) is 29.9. The lowest BCUT2D eigenvalue weighted by molar-refractivity contribution is -0.311. The van der Waals surface area contributed by atoms with Crippen molar-refractivity contribution in [1.29, 1.82) is 0 Å². The minimum absolute atomic E-state index is 0.0244. The third-order valence-corrected chi connectivity index (χ3v) is 29.7. The van der Waals surface area contributed by atoms with Crippen molar-refractivity contribution in [2.75, 3.05) is 110 Å². The molecule has 2 amide bonds. The van der Waals surface area contributed by atoms with E-state index in [4.69, 9.17) is 49.5 Å². The molecule has 0 radical (unpaired) electrons. The molecule has 42 nitrogen and oxygen atoms in total. The number of unbranched alkanes of at least 4 members (excludes halogenated alkanes) is 8. The fourth-order valence-electron chi connectivity index (χ4n) is 12.4. The van der Waals surface area contributed by atoms with E-state index in [-0.39, 0.29) is 121 Å². The Morgan fingerprint density at radius 3 is 1.19 bits per heavy atom. The molecule has 2 heterocycles. The van der Waals surface area contributed by atoms with Crippen LogP contribution in [0.5, 0.6) is 11.5 Å². The molecule has 0 saturated heterocycles. The predicted molar refractivity (Wildman–Crippen MR) is 470 cm³/mol. The Morgan fingerprint density at radius 1 is 0.386 bits per heavy atom. The van der Waals surface area contributed by atoms with E-state index in [2.05, 4.69) is 50.0 Å². The van der Waals surface area contributed by atoms with Crippen LogP contribution in [0.3, 0.4) is 0 Å². The number of nitrogens with one attached hydrogen (secondary N) is 2. The molecule has 10 unspecified atom stereocenters. The number of carbonyl (C=O) groups is 2. The van der Waals surface area contributed by atoms with Crippen molar-refractivity contribution in [2.24, 2.45) is 11.8 Å².